The molecule has 142 valence electrons. The van der Waals surface area contributed by atoms with Gasteiger partial charge in [0.05, 0.1) is 19.9 Å². The molecule has 2 aromatic heterocycles. The number of rotatable bonds is 5. The van der Waals surface area contributed by atoms with Crippen molar-refractivity contribution in [1.82, 2.24) is 15.0 Å². The number of hydrogen-bond donors (Lipinski definition) is 0. The Morgan fingerprint density at radius 1 is 0.963 bits per heavy atom. The number of aryl methyl sites for hydroxylation is 1. The number of methoxy groups -OCH3 is 1. The van der Waals surface area contributed by atoms with Crippen molar-refractivity contribution in [3.05, 3.63) is 78.4 Å². The van der Waals surface area contributed by atoms with Crippen molar-refractivity contribution in [3.8, 4) is 0 Å². The minimum atomic E-state index is 0.375. The first-order chi connectivity index (χ1) is 13.2. The number of aromatic nitrogens is 3. The molecule has 3 aromatic rings. The molecule has 3 rings (SSSR count). The number of carbonyl (C=O) groups is 1. The zero-order valence-electron chi connectivity index (χ0n) is 16.2. The highest BCUT2D eigenvalue weighted by Crippen LogP contribution is 2.22. The number of carbonyl (C=O) groups excluding carboxylic acids is 1. The molecule has 0 amide bonds. The summed E-state index contributed by atoms with van der Waals surface area (Å²) in [6, 6.07) is 14.3. The van der Waals surface area contributed by atoms with E-state index in [1.165, 1.54) is 18.2 Å². The van der Waals surface area contributed by atoms with Crippen LogP contribution in [0, 0.1) is 6.92 Å². The van der Waals surface area contributed by atoms with Gasteiger partial charge in [-0.05, 0) is 24.6 Å². The van der Waals surface area contributed by atoms with E-state index in [2.05, 4.69) is 55.8 Å². The summed E-state index contributed by atoms with van der Waals surface area (Å²) >= 11 is 0. The van der Waals surface area contributed by atoms with E-state index >= 15 is 0 Å². The molecular weight excluding hydrogens is 340 g/mol. The van der Waals surface area contributed by atoms with Crippen molar-refractivity contribution in [2.24, 2.45) is 0 Å². The van der Waals surface area contributed by atoms with Gasteiger partial charge in [-0.15, -0.1) is 0 Å². The summed E-state index contributed by atoms with van der Waals surface area (Å²) < 4.78 is 3.86. The summed E-state index contributed by atoms with van der Waals surface area (Å²) in [6.07, 6.45) is 6.91. The molecule has 1 aromatic carbocycles. The Hall–Kier alpha value is -3.28. The molecule has 0 N–H and O–H groups in total. The van der Waals surface area contributed by atoms with E-state index in [0.29, 0.717) is 13.0 Å². The van der Waals surface area contributed by atoms with Crippen LogP contribution in [0.2, 0.25) is 0 Å². The van der Waals surface area contributed by atoms with Gasteiger partial charge in [0.25, 0.3) is 6.47 Å². The van der Waals surface area contributed by atoms with E-state index < -0.39 is 0 Å². The fourth-order valence-electron chi connectivity index (χ4n) is 2.10. The standard InChI is InChI=1S/C17H16N4.C2H4O2.C2H6/c1-14-5-7-15(8-6-14)13-21(16-4-2-3-9-19-16)17-12-18-10-11-20-17;1-4-2-3;1-2/h2-12H,13H2,1H3;2H,1H3;1-2H3. The minimum Gasteiger partial charge on any atom is -0.471 e. The van der Waals surface area contributed by atoms with Crippen LogP contribution in [0.4, 0.5) is 11.6 Å². The van der Waals surface area contributed by atoms with Crippen LogP contribution < -0.4 is 4.90 Å². The van der Waals surface area contributed by atoms with Crippen molar-refractivity contribution >= 4 is 18.1 Å². The highest BCUT2D eigenvalue weighted by molar-refractivity contribution is 5.54. The van der Waals surface area contributed by atoms with Gasteiger partial charge in [-0.25, -0.2) is 9.97 Å². The number of hydrogen-bond acceptors (Lipinski definition) is 6. The maximum atomic E-state index is 8.95. The molecular formula is C21H26N4O2. The number of nitrogens with zero attached hydrogens (tertiary/aromatic N) is 4. The van der Waals surface area contributed by atoms with E-state index in [0.717, 1.165) is 11.6 Å². The first-order valence-electron chi connectivity index (χ1n) is 8.71. The third-order valence-corrected chi connectivity index (χ3v) is 3.31. The van der Waals surface area contributed by atoms with Crippen molar-refractivity contribution in [2.45, 2.75) is 27.3 Å². The summed E-state index contributed by atoms with van der Waals surface area (Å²) in [7, 11) is 1.31. The van der Waals surface area contributed by atoms with E-state index in [1.807, 2.05) is 32.0 Å². The maximum Gasteiger partial charge on any atom is 0.292 e. The Labute approximate surface area is 160 Å². The second-order valence-corrected chi connectivity index (χ2v) is 5.16. The monoisotopic (exact) mass is 366 g/mol. The lowest BCUT2D eigenvalue weighted by atomic mass is 10.1. The average molecular weight is 366 g/mol. The number of pyridine rings is 1. The van der Waals surface area contributed by atoms with Gasteiger partial charge in [0.2, 0.25) is 0 Å². The van der Waals surface area contributed by atoms with Crippen LogP contribution in [-0.2, 0) is 16.1 Å². The highest BCUT2D eigenvalue weighted by Gasteiger charge is 2.12. The Morgan fingerprint density at radius 3 is 2.15 bits per heavy atom. The van der Waals surface area contributed by atoms with Crippen LogP contribution in [0.1, 0.15) is 25.0 Å². The molecule has 6 nitrogen and oxygen atoms in total. The van der Waals surface area contributed by atoms with E-state index in [9.17, 15) is 0 Å². The third-order valence-electron chi connectivity index (χ3n) is 3.31. The second kappa shape index (κ2) is 13.0. The van der Waals surface area contributed by atoms with Crippen molar-refractivity contribution in [3.63, 3.8) is 0 Å². The fourth-order valence-corrected chi connectivity index (χ4v) is 2.10. The lowest BCUT2D eigenvalue weighted by Gasteiger charge is -2.22. The summed E-state index contributed by atoms with van der Waals surface area (Å²) in [5, 5.41) is 0. The molecule has 0 spiro atoms. The average Bonchev–Trinajstić information content (AvgIpc) is 2.76. The van der Waals surface area contributed by atoms with Gasteiger partial charge in [-0.3, -0.25) is 9.78 Å². The van der Waals surface area contributed by atoms with Gasteiger partial charge in [-0.1, -0.05) is 49.7 Å². The summed E-state index contributed by atoms with van der Waals surface area (Å²) in [6.45, 7) is 7.17. The predicted octanol–water partition coefficient (Wildman–Crippen LogP) is 4.33. The van der Waals surface area contributed by atoms with Crippen molar-refractivity contribution < 1.29 is 9.53 Å². The smallest absolute Gasteiger partial charge is 0.292 e. The van der Waals surface area contributed by atoms with Crippen LogP contribution in [0.15, 0.2) is 67.3 Å². The van der Waals surface area contributed by atoms with Gasteiger partial charge in [0.1, 0.15) is 5.82 Å². The van der Waals surface area contributed by atoms with Gasteiger partial charge >= 0.3 is 0 Å². The third kappa shape index (κ3) is 7.64. The molecule has 0 radical (unpaired) electrons. The lowest BCUT2D eigenvalue weighted by Crippen LogP contribution is -2.18. The van der Waals surface area contributed by atoms with Crippen LogP contribution in [-0.4, -0.2) is 28.5 Å². The largest absolute Gasteiger partial charge is 0.471 e. The van der Waals surface area contributed by atoms with Crippen LogP contribution >= 0.6 is 0 Å². The first-order valence-corrected chi connectivity index (χ1v) is 8.71. The van der Waals surface area contributed by atoms with E-state index in [1.54, 1.807) is 24.8 Å². The molecule has 0 aliphatic carbocycles. The zero-order valence-corrected chi connectivity index (χ0v) is 16.2. The molecule has 0 unspecified atom stereocenters. The summed E-state index contributed by atoms with van der Waals surface area (Å²) in [4.78, 5) is 24.0. The molecule has 0 saturated heterocycles. The van der Waals surface area contributed by atoms with Crippen LogP contribution in [0.5, 0.6) is 0 Å². The second-order valence-electron chi connectivity index (χ2n) is 5.16. The normalized spacial score (nSPS) is 9.04. The summed E-state index contributed by atoms with van der Waals surface area (Å²) in [5.74, 6) is 1.65. The van der Waals surface area contributed by atoms with Gasteiger partial charge in [0, 0.05) is 18.6 Å². The lowest BCUT2D eigenvalue weighted by molar-refractivity contribution is -0.126. The Morgan fingerprint density at radius 2 is 1.63 bits per heavy atom. The Bertz CT molecular complexity index is 711. The molecule has 0 aliphatic rings. The number of ether oxygens (including phenoxy) is 1. The van der Waals surface area contributed by atoms with Gasteiger partial charge in [0.15, 0.2) is 5.82 Å². The van der Waals surface area contributed by atoms with Crippen molar-refractivity contribution in [1.29, 1.82) is 0 Å². The Balaban J connectivity index is 0.000000541. The van der Waals surface area contributed by atoms with Gasteiger partial charge in [-0.2, -0.15) is 0 Å². The molecule has 0 fully saturated rings. The fraction of sp³-hybridized carbons (Fsp3) is 0.238. The van der Waals surface area contributed by atoms with Crippen LogP contribution in [0.25, 0.3) is 0 Å². The first kappa shape index (κ1) is 21.8. The maximum absolute atomic E-state index is 8.95. The molecule has 0 bridgehead atoms. The topological polar surface area (TPSA) is 68.2 Å². The van der Waals surface area contributed by atoms with Crippen LogP contribution in [0.3, 0.4) is 0 Å². The molecule has 27 heavy (non-hydrogen) atoms. The Kier molecular flexibility index (Phi) is 10.5. The quantitative estimate of drug-likeness (QED) is 0.626. The predicted molar refractivity (Wildman–Crippen MR) is 108 cm³/mol. The van der Waals surface area contributed by atoms with E-state index in [-0.39, 0.29) is 0 Å². The van der Waals surface area contributed by atoms with E-state index in [4.69, 9.17) is 4.79 Å². The number of benzene rings is 1. The summed E-state index contributed by atoms with van der Waals surface area (Å²) in [5.41, 5.74) is 2.46. The molecule has 6 heteroatoms. The zero-order chi connectivity index (χ0) is 19.9. The SMILES string of the molecule is CC.COC=O.Cc1ccc(CN(c2ccccn2)c2cnccn2)cc1. The molecule has 2 heterocycles. The minimum absolute atomic E-state index is 0.375. The van der Waals surface area contributed by atoms with Crippen molar-refractivity contribution in [2.75, 3.05) is 12.0 Å². The number of anilines is 2. The molecule has 0 saturated carbocycles. The molecule has 0 atom stereocenters. The highest BCUT2D eigenvalue weighted by atomic mass is 16.5. The van der Waals surface area contributed by atoms with Gasteiger partial charge < -0.3 is 9.64 Å². The molecule has 0 aliphatic heterocycles.